The minimum Gasteiger partial charge on any atom is -0.480 e. The molecule has 1 unspecified atom stereocenters. The SMILES string of the molecule is CCC(C)(NC(=O)N1CCC(C)(O)CC1)C(=O)O. The van der Waals surface area contributed by atoms with E-state index in [-0.39, 0.29) is 6.03 Å². The van der Waals surface area contributed by atoms with Crippen LogP contribution in [0.4, 0.5) is 4.79 Å². The predicted molar refractivity (Wildman–Crippen MR) is 66.3 cm³/mol. The molecule has 6 heteroatoms. The van der Waals surface area contributed by atoms with Crippen molar-refractivity contribution in [2.24, 2.45) is 0 Å². The van der Waals surface area contributed by atoms with Gasteiger partial charge in [0, 0.05) is 13.1 Å². The lowest BCUT2D eigenvalue weighted by Gasteiger charge is -2.37. The highest BCUT2D eigenvalue weighted by Crippen LogP contribution is 2.21. The number of nitrogens with one attached hydrogen (secondary N) is 1. The third-order valence-corrected chi connectivity index (χ3v) is 3.69. The van der Waals surface area contributed by atoms with Crippen molar-refractivity contribution in [1.29, 1.82) is 0 Å². The molecule has 18 heavy (non-hydrogen) atoms. The molecule has 1 rings (SSSR count). The van der Waals surface area contributed by atoms with E-state index in [1.54, 1.807) is 18.7 Å². The number of amides is 2. The van der Waals surface area contributed by atoms with Crippen molar-refractivity contribution in [1.82, 2.24) is 10.2 Å². The molecule has 0 aromatic heterocycles. The highest BCUT2D eigenvalue weighted by molar-refractivity contribution is 5.85. The Kier molecular flexibility index (Phi) is 4.21. The summed E-state index contributed by atoms with van der Waals surface area (Å²) in [4.78, 5) is 24.6. The van der Waals surface area contributed by atoms with E-state index in [0.717, 1.165) is 0 Å². The molecule has 2 amide bonds. The van der Waals surface area contributed by atoms with Crippen LogP contribution in [0.3, 0.4) is 0 Å². The number of hydrogen-bond acceptors (Lipinski definition) is 3. The van der Waals surface area contributed by atoms with E-state index in [9.17, 15) is 14.7 Å². The van der Waals surface area contributed by atoms with E-state index in [1.165, 1.54) is 6.92 Å². The van der Waals surface area contributed by atoms with Gasteiger partial charge in [0.1, 0.15) is 5.54 Å². The van der Waals surface area contributed by atoms with Crippen molar-refractivity contribution in [3.63, 3.8) is 0 Å². The number of carbonyl (C=O) groups excluding carboxylic acids is 1. The van der Waals surface area contributed by atoms with E-state index < -0.39 is 17.1 Å². The summed E-state index contributed by atoms with van der Waals surface area (Å²) < 4.78 is 0. The van der Waals surface area contributed by atoms with Crippen LogP contribution in [0.1, 0.15) is 40.0 Å². The Morgan fingerprint density at radius 2 is 1.89 bits per heavy atom. The molecule has 0 aliphatic carbocycles. The number of aliphatic hydroxyl groups is 1. The predicted octanol–water partition coefficient (Wildman–Crippen LogP) is 0.796. The quantitative estimate of drug-likeness (QED) is 0.698. The Morgan fingerprint density at radius 3 is 2.28 bits per heavy atom. The zero-order valence-electron chi connectivity index (χ0n) is 11.2. The second-order valence-corrected chi connectivity index (χ2v) is 5.40. The molecule has 1 atom stereocenters. The Hall–Kier alpha value is -1.30. The number of carboxylic acids is 1. The van der Waals surface area contributed by atoms with Gasteiger partial charge >= 0.3 is 12.0 Å². The summed E-state index contributed by atoms with van der Waals surface area (Å²) in [5, 5.41) is 21.4. The van der Waals surface area contributed by atoms with Crippen molar-refractivity contribution in [3.05, 3.63) is 0 Å². The summed E-state index contributed by atoms with van der Waals surface area (Å²) in [6.07, 6.45) is 1.34. The second kappa shape index (κ2) is 5.14. The van der Waals surface area contributed by atoms with Gasteiger partial charge in [-0.15, -0.1) is 0 Å². The Bertz CT molecular complexity index is 333. The van der Waals surface area contributed by atoms with Crippen molar-refractivity contribution < 1.29 is 19.8 Å². The van der Waals surface area contributed by atoms with Crippen LogP contribution >= 0.6 is 0 Å². The maximum absolute atomic E-state index is 12.0. The zero-order chi connectivity index (χ0) is 14.0. The molecule has 1 saturated heterocycles. The lowest BCUT2D eigenvalue weighted by Crippen LogP contribution is -2.57. The number of carbonyl (C=O) groups is 2. The molecule has 0 radical (unpaired) electrons. The normalized spacial score (nSPS) is 22.1. The summed E-state index contributed by atoms with van der Waals surface area (Å²) in [5.74, 6) is -1.04. The molecule has 104 valence electrons. The number of urea groups is 1. The third kappa shape index (κ3) is 3.35. The van der Waals surface area contributed by atoms with E-state index in [0.29, 0.717) is 32.4 Å². The maximum atomic E-state index is 12.0. The molecule has 1 heterocycles. The van der Waals surface area contributed by atoms with Crippen LogP contribution < -0.4 is 5.32 Å². The summed E-state index contributed by atoms with van der Waals surface area (Å²) in [6, 6.07) is -0.378. The van der Waals surface area contributed by atoms with Crippen LogP contribution in [0.5, 0.6) is 0 Å². The van der Waals surface area contributed by atoms with Gasteiger partial charge in [0.25, 0.3) is 0 Å². The molecule has 1 aliphatic heterocycles. The first kappa shape index (κ1) is 14.8. The maximum Gasteiger partial charge on any atom is 0.329 e. The van der Waals surface area contributed by atoms with Crippen LogP contribution in [-0.4, -0.2) is 51.3 Å². The Labute approximate surface area is 107 Å². The van der Waals surface area contributed by atoms with Gasteiger partial charge < -0.3 is 20.4 Å². The van der Waals surface area contributed by atoms with Crippen LogP contribution in [0.25, 0.3) is 0 Å². The number of carboxylic acid groups (broad SMARTS) is 1. The molecular formula is C12H22N2O4. The summed E-state index contributed by atoms with van der Waals surface area (Å²) in [7, 11) is 0. The first-order valence-corrected chi connectivity index (χ1v) is 6.23. The summed E-state index contributed by atoms with van der Waals surface area (Å²) in [5.41, 5.74) is -1.96. The Morgan fingerprint density at radius 1 is 1.39 bits per heavy atom. The molecule has 6 nitrogen and oxygen atoms in total. The standard InChI is InChI=1S/C12H22N2O4/c1-4-12(3,9(15)16)13-10(17)14-7-5-11(2,18)6-8-14/h18H,4-8H2,1-3H3,(H,13,17)(H,15,16). The fourth-order valence-electron chi connectivity index (χ4n) is 1.80. The molecule has 1 fully saturated rings. The molecule has 0 saturated carbocycles. The second-order valence-electron chi connectivity index (χ2n) is 5.40. The lowest BCUT2D eigenvalue weighted by molar-refractivity contribution is -0.143. The molecule has 0 bridgehead atoms. The number of likely N-dealkylation sites (tertiary alicyclic amines) is 1. The van der Waals surface area contributed by atoms with Gasteiger partial charge in [0.05, 0.1) is 5.60 Å². The van der Waals surface area contributed by atoms with E-state index in [1.807, 2.05) is 0 Å². The van der Waals surface area contributed by atoms with Crippen LogP contribution in [-0.2, 0) is 4.79 Å². The fraction of sp³-hybridized carbons (Fsp3) is 0.833. The topological polar surface area (TPSA) is 89.9 Å². The van der Waals surface area contributed by atoms with Gasteiger partial charge in [0.2, 0.25) is 0 Å². The van der Waals surface area contributed by atoms with E-state index in [2.05, 4.69) is 5.32 Å². The first-order valence-electron chi connectivity index (χ1n) is 6.23. The third-order valence-electron chi connectivity index (χ3n) is 3.69. The minimum absolute atomic E-state index is 0.319. The van der Waals surface area contributed by atoms with Crippen molar-refractivity contribution in [3.8, 4) is 0 Å². The summed E-state index contributed by atoms with van der Waals surface area (Å²) >= 11 is 0. The smallest absolute Gasteiger partial charge is 0.329 e. The molecule has 0 spiro atoms. The van der Waals surface area contributed by atoms with Crippen molar-refractivity contribution in [2.75, 3.05) is 13.1 Å². The highest BCUT2D eigenvalue weighted by atomic mass is 16.4. The van der Waals surface area contributed by atoms with Crippen molar-refractivity contribution >= 4 is 12.0 Å². The van der Waals surface area contributed by atoms with Crippen LogP contribution in [0, 0.1) is 0 Å². The van der Waals surface area contributed by atoms with Crippen LogP contribution in [0.2, 0.25) is 0 Å². The minimum atomic E-state index is -1.24. The molecule has 1 aliphatic rings. The van der Waals surface area contributed by atoms with Gasteiger partial charge in [-0.1, -0.05) is 6.92 Å². The fourth-order valence-corrected chi connectivity index (χ4v) is 1.80. The Balaban J connectivity index is 2.59. The molecule has 3 N–H and O–H groups in total. The molecular weight excluding hydrogens is 236 g/mol. The van der Waals surface area contributed by atoms with Crippen molar-refractivity contribution in [2.45, 2.75) is 51.2 Å². The van der Waals surface area contributed by atoms with Gasteiger partial charge in [0.15, 0.2) is 0 Å². The lowest BCUT2D eigenvalue weighted by atomic mass is 9.94. The average Bonchev–Trinajstić information content (AvgIpc) is 2.28. The zero-order valence-corrected chi connectivity index (χ0v) is 11.2. The average molecular weight is 258 g/mol. The van der Waals surface area contributed by atoms with E-state index >= 15 is 0 Å². The molecule has 0 aromatic rings. The van der Waals surface area contributed by atoms with Crippen LogP contribution in [0.15, 0.2) is 0 Å². The van der Waals surface area contributed by atoms with Gasteiger partial charge in [-0.3, -0.25) is 0 Å². The first-order chi connectivity index (χ1) is 8.20. The number of aliphatic carboxylic acids is 1. The highest BCUT2D eigenvalue weighted by Gasteiger charge is 2.36. The number of rotatable bonds is 3. The monoisotopic (exact) mass is 258 g/mol. The molecule has 0 aromatic carbocycles. The number of piperidine rings is 1. The summed E-state index contributed by atoms with van der Waals surface area (Å²) in [6.45, 7) is 5.84. The van der Waals surface area contributed by atoms with E-state index in [4.69, 9.17) is 5.11 Å². The number of nitrogens with zero attached hydrogens (tertiary/aromatic N) is 1. The largest absolute Gasteiger partial charge is 0.480 e. The van der Waals surface area contributed by atoms with Gasteiger partial charge in [-0.25, -0.2) is 9.59 Å². The number of hydrogen-bond donors (Lipinski definition) is 3. The van der Waals surface area contributed by atoms with Gasteiger partial charge in [-0.05, 0) is 33.1 Å². The van der Waals surface area contributed by atoms with Gasteiger partial charge in [-0.2, -0.15) is 0 Å².